The zero-order chi connectivity index (χ0) is 33.0. The predicted octanol–water partition coefficient (Wildman–Crippen LogP) is 14.1. The molecule has 0 aliphatic carbocycles. The second-order valence-corrected chi connectivity index (χ2v) is 13.3. The van der Waals surface area contributed by atoms with Gasteiger partial charge in [-0.1, -0.05) is 164 Å². The van der Waals surface area contributed by atoms with Gasteiger partial charge in [0, 0.05) is 0 Å². The largest absolute Gasteiger partial charge is 0.0622 e. The smallest absolute Gasteiger partial charge is 0.00262 e. The van der Waals surface area contributed by atoms with Gasteiger partial charge in [0.25, 0.3) is 0 Å². The van der Waals surface area contributed by atoms with Crippen LogP contribution in [0.2, 0.25) is 0 Å². The van der Waals surface area contributed by atoms with Crippen molar-refractivity contribution in [2.45, 2.75) is 0 Å². The molecule has 0 bridgehead atoms. The van der Waals surface area contributed by atoms with Crippen LogP contribution in [0.3, 0.4) is 0 Å². The van der Waals surface area contributed by atoms with E-state index in [0.29, 0.717) is 0 Å². The van der Waals surface area contributed by atoms with Crippen LogP contribution in [-0.2, 0) is 0 Å². The lowest BCUT2D eigenvalue weighted by Gasteiger charge is -2.18. The van der Waals surface area contributed by atoms with Crippen LogP contribution in [0, 0.1) is 0 Å². The lowest BCUT2D eigenvalue weighted by molar-refractivity contribution is 1.63. The maximum absolute atomic E-state index is 2.37. The van der Waals surface area contributed by atoms with E-state index in [-0.39, 0.29) is 0 Å². The molecule has 0 aromatic heterocycles. The van der Waals surface area contributed by atoms with E-state index < -0.39 is 0 Å². The number of hydrogen-bond donors (Lipinski definition) is 0. The second kappa shape index (κ2) is 11.6. The van der Waals surface area contributed by atoms with Crippen LogP contribution in [0.1, 0.15) is 0 Å². The molecule has 10 aromatic rings. The first-order chi connectivity index (χ1) is 24.8. The van der Waals surface area contributed by atoms with Crippen LogP contribution < -0.4 is 0 Å². The molecule has 0 atom stereocenters. The van der Waals surface area contributed by atoms with Crippen molar-refractivity contribution < 1.29 is 0 Å². The van der Waals surface area contributed by atoms with Crippen molar-refractivity contribution >= 4 is 53.9 Å². The highest BCUT2D eigenvalue weighted by atomic mass is 14.2. The first-order valence-corrected chi connectivity index (χ1v) is 17.3. The molecule has 0 heterocycles. The average Bonchev–Trinajstić information content (AvgIpc) is 3.19. The summed E-state index contributed by atoms with van der Waals surface area (Å²) in [6, 6.07) is 71.4. The fraction of sp³-hybridized carbons (Fsp3) is 0. The quantitative estimate of drug-likeness (QED) is 0.169. The molecule has 0 radical (unpaired) electrons. The molecule has 232 valence electrons. The van der Waals surface area contributed by atoms with E-state index in [0.717, 1.165) is 0 Å². The van der Waals surface area contributed by atoms with Crippen LogP contribution in [0.15, 0.2) is 194 Å². The third kappa shape index (κ3) is 4.77. The molecule has 0 N–H and O–H groups in total. The lowest BCUT2D eigenvalue weighted by atomic mass is 9.85. The summed E-state index contributed by atoms with van der Waals surface area (Å²) in [6.45, 7) is 0. The first-order valence-electron chi connectivity index (χ1n) is 17.3. The number of rotatable bonds is 4. The Labute approximate surface area is 291 Å². The van der Waals surface area contributed by atoms with Crippen LogP contribution in [0.5, 0.6) is 0 Å². The molecule has 0 nitrogen and oxygen atoms in total. The Morgan fingerprint density at radius 2 is 0.480 bits per heavy atom. The van der Waals surface area contributed by atoms with E-state index in [1.54, 1.807) is 0 Å². The minimum Gasteiger partial charge on any atom is -0.0622 e. The van der Waals surface area contributed by atoms with E-state index in [2.05, 4.69) is 194 Å². The zero-order valence-electron chi connectivity index (χ0n) is 27.5. The summed E-state index contributed by atoms with van der Waals surface area (Å²) in [6.07, 6.45) is 0. The fourth-order valence-electron chi connectivity index (χ4n) is 7.91. The molecule has 0 saturated heterocycles. The molecule has 0 aliphatic heterocycles. The van der Waals surface area contributed by atoms with Gasteiger partial charge in [-0.3, -0.25) is 0 Å². The molecular formula is C50H32. The summed E-state index contributed by atoms with van der Waals surface area (Å²) in [5.41, 5.74) is 10.0. The van der Waals surface area contributed by atoms with Crippen molar-refractivity contribution in [2.75, 3.05) is 0 Å². The third-order valence-corrected chi connectivity index (χ3v) is 10.4. The van der Waals surface area contributed by atoms with Gasteiger partial charge < -0.3 is 0 Å². The van der Waals surface area contributed by atoms with Gasteiger partial charge in [0.1, 0.15) is 0 Å². The van der Waals surface area contributed by atoms with Crippen molar-refractivity contribution in [3.8, 4) is 44.5 Å². The first kappa shape index (κ1) is 28.5. The summed E-state index contributed by atoms with van der Waals surface area (Å²) in [4.78, 5) is 0. The molecule has 50 heavy (non-hydrogen) atoms. The molecule has 0 unspecified atom stereocenters. The SMILES string of the molecule is c1ccc(-c2ccc3cc(-c4ccc5cc(-c6c7ccccc7c(-c7ccc8ccccc8c7)c7ccccc67)ccc5c4)ccc3c2)cc1. The molecule has 10 aromatic carbocycles. The summed E-state index contributed by atoms with van der Waals surface area (Å²) in [5, 5.41) is 12.6. The minimum absolute atomic E-state index is 1.23. The summed E-state index contributed by atoms with van der Waals surface area (Å²) >= 11 is 0. The Hall–Kier alpha value is -6.50. The third-order valence-electron chi connectivity index (χ3n) is 10.4. The van der Waals surface area contributed by atoms with Crippen LogP contribution >= 0.6 is 0 Å². The molecule has 0 amide bonds. The van der Waals surface area contributed by atoms with E-state index in [1.165, 1.54) is 98.4 Å². The molecule has 0 aliphatic rings. The van der Waals surface area contributed by atoms with Gasteiger partial charge in [-0.2, -0.15) is 0 Å². The van der Waals surface area contributed by atoms with Crippen LogP contribution in [-0.4, -0.2) is 0 Å². The molecule has 10 rings (SSSR count). The van der Waals surface area contributed by atoms with Gasteiger partial charge in [-0.15, -0.1) is 0 Å². The highest BCUT2D eigenvalue weighted by molar-refractivity contribution is 6.22. The number of benzene rings is 10. The molecule has 0 saturated carbocycles. The van der Waals surface area contributed by atoms with Crippen molar-refractivity contribution in [2.24, 2.45) is 0 Å². The Morgan fingerprint density at radius 1 is 0.180 bits per heavy atom. The summed E-state index contributed by atoms with van der Waals surface area (Å²) < 4.78 is 0. The normalized spacial score (nSPS) is 11.6. The molecule has 0 spiro atoms. The monoisotopic (exact) mass is 632 g/mol. The standard InChI is InChI=1S/C50H32/c1-2-10-33(11-3-1)36-19-20-38-29-39(22-21-37(38)28-36)40-23-24-42-32-44(27-25-41(42)30-40)50-47-16-8-6-14-45(47)49(46-15-7-9-17-48(46)50)43-26-18-34-12-4-5-13-35(34)31-43/h1-32H. The summed E-state index contributed by atoms with van der Waals surface area (Å²) in [7, 11) is 0. The van der Waals surface area contributed by atoms with Gasteiger partial charge in [-0.25, -0.2) is 0 Å². The van der Waals surface area contributed by atoms with Crippen molar-refractivity contribution in [1.29, 1.82) is 0 Å². The zero-order valence-corrected chi connectivity index (χ0v) is 27.5. The van der Waals surface area contributed by atoms with Crippen molar-refractivity contribution in [3.63, 3.8) is 0 Å². The predicted molar refractivity (Wildman–Crippen MR) is 216 cm³/mol. The average molecular weight is 633 g/mol. The number of hydrogen-bond acceptors (Lipinski definition) is 0. The Balaban J connectivity index is 1.08. The van der Waals surface area contributed by atoms with Gasteiger partial charge in [0.2, 0.25) is 0 Å². The maximum Gasteiger partial charge on any atom is -0.00262 e. The van der Waals surface area contributed by atoms with Crippen LogP contribution in [0.4, 0.5) is 0 Å². The Bertz CT molecular complexity index is 2860. The summed E-state index contributed by atoms with van der Waals surface area (Å²) in [5.74, 6) is 0. The lowest BCUT2D eigenvalue weighted by Crippen LogP contribution is -1.91. The van der Waals surface area contributed by atoms with Gasteiger partial charge in [-0.05, 0) is 129 Å². The molecule has 0 fully saturated rings. The van der Waals surface area contributed by atoms with Crippen LogP contribution in [0.25, 0.3) is 98.4 Å². The topological polar surface area (TPSA) is 0 Å². The fourth-order valence-corrected chi connectivity index (χ4v) is 7.91. The maximum atomic E-state index is 2.37. The molecular weight excluding hydrogens is 601 g/mol. The number of fused-ring (bicyclic) bond motifs is 5. The molecule has 0 heteroatoms. The van der Waals surface area contributed by atoms with E-state index in [4.69, 9.17) is 0 Å². The second-order valence-electron chi connectivity index (χ2n) is 13.3. The highest BCUT2D eigenvalue weighted by Gasteiger charge is 2.17. The van der Waals surface area contributed by atoms with Crippen molar-refractivity contribution in [3.05, 3.63) is 194 Å². The highest BCUT2D eigenvalue weighted by Crippen LogP contribution is 2.44. The van der Waals surface area contributed by atoms with Gasteiger partial charge >= 0.3 is 0 Å². The van der Waals surface area contributed by atoms with E-state index in [9.17, 15) is 0 Å². The van der Waals surface area contributed by atoms with E-state index in [1.807, 2.05) is 0 Å². The Morgan fingerprint density at radius 3 is 0.940 bits per heavy atom. The van der Waals surface area contributed by atoms with E-state index >= 15 is 0 Å². The van der Waals surface area contributed by atoms with Gasteiger partial charge in [0.05, 0.1) is 0 Å². The van der Waals surface area contributed by atoms with Gasteiger partial charge in [0.15, 0.2) is 0 Å². The van der Waals surface area contributed by atoms with Crippen molar-refractivity contribution in [1.82, 2.24) is 0 Å². The Kier molecular flexibility index (Phi) is 6.60. The minimum atomic E-state index is 1.23.